The van der Waals surface area contributed by atoms with Crippen LogP contribution in [-0.4, -0.2) is 19.0 Å². The molecule has 0 amide bonds. The van der Waals surface area contributed by atoms with E-state index in [-0.39, 0.29) is 6.04 Å². The first-order valence-corrected chi connectivity index (χ1v) is 4.74. The summed E-state index contributed by atoms with van der Waals surface area (Å²) in [7, 11) is 1.65. The van der Waals surface area contributed by atoms with E-state index in [4.69, 9.17) is 22.1 Å². The van der Waals surface area contributed by atoms with Gasteiger partial charge in [-0.15, -0.1) is 11.6 Å². The van der Waals surface area contributed by atoms with Crippen molar-refractivity contribution in [2.45, 2.75) is 12.5 Å². The van der Waals surface area contributed by atoms with Gasteiger partial charge in [0.1, 0.15) is 5.75 Å². The zero-order chi connectivity index (χ0) is 9.68. The van der Waals surface area contributed by atoms with Gasteiger partial charge in [0, 0.05) is 11.9 Å². The van der Waals surface area contributed by atoms with Crippen LogP contribution in [0.5, 0.6) is 5.75 Å². The summed E-state index contributed by atoms with van der Waals surface area (Å²) in [5, 5.41) is 0. The number of nitrogens with two attached hydrogens (primary N) is 1. The van der Waals surface area contributed by atoms with Crippen LogP contribution in [0.25, 0.3) is 0 Å². The van der Waals surface area contributed by atoms with Crippen molar-refractivity contribution in [3.8, 4) is 5.75 Å². The molecule has 13 heavy (non-hydrogen) atoms. The Kier molecular flexibility index (Phi) is 4.06. The van der Waals surface area contributed by atoms with Gasteiger partial charge in [-0.2, -0.15) is 0 Å². The van der Waals surface area contributed by atoms with E-state index in [0.717, 1.165) is 12.2 Å². The smallest absolute Gasteiger partial charge is 0.118 e. The number of rotatable bonds is 4. The molecule has 0 heterocycles. The monoisotopic (exact) mass is 199 g/mol. The average molecular weight is 200 g/mol. The van der Waals surface area contributed by atoms with Crippen molar-refractivity contribution in [2.24, 2.45) is 5.73 Å². The summed E-state index contributed by atoms with van der Waals surface area (Å²) < 4.78 is 5.04. The molecule has 0 aliphatic heterocycles. The van der Waals surface area contributed by atoms with Gasteiger partial charge >= 0.3 is 0 Å². The van der Waals surface area contributed by atoms with Crippen LogP contribution >= 0.6 is 11.6 Å². The maximum Gasteiger partial charge on any atom is 0.118 e. The molecular formula is C10H14ClNO. The standard InChI is InChI=1S/C10H14ClNO/c1-13-10-4-2-8(3-5-10)6-9(12)7-11/h2-5,9H,6-7,12H2,1H3/t9-/m0/s1. The van der Waals surface area contributed by atoms with E-state index in [1.807, 2.05) is 24.3 Å². The highest BCUT2D eigenvalue weighted by molar-refractivity contribution is 6.18. The van der Waals surface area contributed by atoms with Crippen LogP contribution in [0, 0.1) is 0 Å². The quantitative estimate of drug-likeness (QED) is 0.751. The van der Waals surface area contributed by atoms with E-state index in [9.17, 15) is 0 Å². The number of benzene rings is 1. The fourth-order valence-corrected chi connectivity index (χ4v) is 1.23. The van der Waals surface area contributed by atoms with Gasteiger partial charge in [0.15, 0.2) is 0 Å². The summed E-state index contributed by atoms with van der Waals surface area (Å²) in [5.74, 6) is 1.36. The third-order valence-electron chi connectivity index (χ3n) is 1.86. The van der Waals surface area contributed by atoms with Gasteiger partial charge in [-0.05, 0) is 24.1 Å². The van der Waals surface area contributed by atoms with Gasteiger partial charge in [-0.3, -0.25) is 0 Å². The fourth-order valence-electron chi connectivity index (χ4n) is 1.12. The predicted octanol–water partition coefficient (Wildman–Crippen LogP) is 1.80. The summed E-state index contributed by atoms with van der Waals surface area (Å²) in [4.78, 5) is 0. The van der Waals surface area contributed by atoms with E-state index >= 15 is 0 Å². The maximum atomic E-state index is 5.71. The first kappa shape index (κ1) is 10.4. The van der Waals surface area contributed by atoms with Crippen molar-refractivity contribution in [1.82, 2.24) is 0 Å². The highest BCUT2D eigenvalue weighted by Gasteiger charge is 2.01. The van der Waals surface area contributed by atoms with Crippen LogP contribution in [-0.2, 0) is 6.42 Å². The number of methoxy groups -OCH3 is 1. The molecule has 3 heteroatoms. The van der Waals surface area contributed by atoms with Crippen LogP contribution in [0.1, 0.15) is 5.56 Å². The van der Waals surface area contributed by atoms with Gasteiger partial charge in [-0.25, -0.2) is 0 Å². The molecule has 2 nitrogen and oxygen atoms in total. The molecule has 0 aromatic heterocycles. The molecule has 0 unspecified atom stereocenters. The molecule has 1 rings (SSSR count). The van der Waals surface area contributed by atoms with Crippen molar-refractivity contribution in [1.29, 1.82) is 0 Å². The Morgan fingerprint density at radius 3 is 2.46 bits per heavy atom. The van der Waals surface area contributed by atoms with Crippen molar-refractivity contribution in [2.75, 3.05) is 13.0 Å². The highest BCUT2D eigenvalue weighted by Crippen LogP contribution is 2.12. The van der Waals surface area contributed by atoms with Crippen molar-refractivity contribution in [3.05, 3.63) is 29.8 Å². The summed E-state index contributed by atoms with van der Waals surface area (Å²) in [6.07, 6.45) is 0.813. The van der Waals surface area contributed by atoms with Crippen LogP contribution in [0.3, 0.4) is 0 Å². The van der Waals surface area contributed by atoms with Crippen LogP contribution in [0.4, 0.5) is 0 Å². The molecule has 0 saturated heterocycles. The molecule has 0 saturated carbocycles. The Morgan fingerprint density at radius 2 is 2.00 bits per heavy atom. The van der Waals surface area contributed by atoms with Gasteiger partial charge in [0.2, 0.25) is 0 Å². The Hall–Kier alpha value is -0.730. The Bertz CT molecular complexity index is 248. The molecule has 0 bridgehead atoms. The maximum absolute atomic E-state index is 5.71. The Morgan fingerprint density at radius 1 is 1.38 bits per heavy atom. The largest absolute Gasteiger partial charge is 0.497 e. The first-order chi connectivity index (χ1) is 6.26. The highest BCUT2D eigenvalue weighted by atomic mass is 35.5. The van der Waals surface area contributed by atoms with E-state index in [1.165, 1.54) is 5.56 Å². The van der Waals surface area contributed by atoms with Gasteiger partial charge in [0.05, 0.1) is 7.11 Å². The zero-order valence-corrected chi connectivity index (χ0v) is 8.42. The molecule has 1 aromatic carbocycles. The summed E-state index contributed by atoms with van der Waals surface area (Å²) in [6, 6.07) is 7.90. The lowest BCUT2D eigenvalue weighted by molar-refractivity contribution is 0.414. The third kappa shape index (κ3) is 3.25. The molecule has 1 aromatic rings. The number of ether oxygens (including phenoxy) is 1. The summed E-state index contributed by atoms with van der Waals surface area (Å²) in [5.41, 5.74) is 6.90. The summed E-state index contributed by atoms with van der Waals surface area (Å²) >= 11 is 5.61. The van der Waals surface area contributed by atoms with Crippen molar-refractivity contribution >= 4 is 11.6 Å². The lowest BCUT2D eigenvalue weighted by atomic mass is 10.1. The number of halogens is 1. The molecule has 0 fully saturated rings. The van der Waals surface area contributed by atoms with Gasteiger partial charge in [-0.1, -0.05) is 12.1 Å². The number of alkyl halides is 1. The van der Waals surface area contributed by atoms with Crippen LogP contribution in [0.15, 0.2) is 24.3 Å². The molecule has 0 radical (unpaired) electrons. The first-order valence-electron chi connectivity index (χ1n) is 4.20. The molecular weight excluding hydrogens is 186 g/mol. The number of hydrogen-bond donors (Lipinski definition) is 1. The predicted molar refractivity (Wildman–Crippen MR) is 55.4 cm³/mol. The fraction of sp³-hybridized carbons (Fsp3) is 0.400. The average Bonchev–Trinajstić information content (AvgIpc) is 2.19. The summed E-state index contributed by atoms with van der Waals surface area (Å²) in [6.45, 7) is 0. The number of hydrogen-bond acceptors (Lipinski definition) is 2. The topological polar surface area (TPSA) is 35.2 Å². The van der Waals surface area contributed by atoms with Crippen LogP contribution < -0.4 is 10.5 Å². The minimum atomic E-state index is 0.0371. The molecule has 1 atom stereocenters. The van der Waals surface area contributed by atoms with Crippen molar-refractivity contribution < 1.29 is 4.74 Å². The lowest BCUT2D eigenvalue weighted by Gasteiger charge is -2.07. The second-order valence-electron chi connectivity index (χ2n) is 2.97. The van der Waals surface area contributed by atoms with E-state index in [2.05, 4.69) is 0 Å². The third-order valence-corrected chi connectivity index (χ3v) is 2.25. The minimum Gasteiger partial charge on any atom is -0.497 e. The minimum absolute atomic E-state index is 0.0371. The Labute approximate surface area is 83.6 Å². The molecule has 2 N–H and O–H groups in total. The second kappa shape index (κ2) is 5.10. The molecule has 72 valence electrons. The molecule has 0 aliphatic rings. The van der Waals surface area contributed by atoms with Crippen LogP contribution in [0.2, 0.25) is 0 Å². The van der Waals surface area contributed by atoms with E-state index in [0.29, 0.717) is 5.88 Å². The van der Waals surface area contributed by atoms with Gasteiger partial charge in [0.25, 0.3) is 0 Å². The second-order valence-corrected chi connectivity index (χ2v) is 3.28. The normalized spacial score (nSPS) is 12.5. The lowest BCUT2D eigenvalue weighted by Crippen LogP contribution is -2.24. The van der Waals surface area contributed by atoms with Crippen molar-refractivity contribution in [3.63, 3.8) is 0 Å². The SMILES string of the molecule is COc1ccc(C[C@H](N)CCl)cc1. The zero-order valence-electron chi connectivity index (χ0n) is 7.66. The van der Waals surface area contributed by atoms with E-state index < -0.39 is 0 Å². The Balaban J connectivity index is 2.58. The van der Waals surface area contributed by atoms with E-state index in [1.54, 1.807) is 7.11 Å². The van der Waals surface area contributed by atoms with Gasteiger partial charge < -0.3 is 10.5 Å². The molecule has 0 spiro atoms. The molecule has 0 aliphatic carbocycles.